The number of rotatable bonds is 5. The fourth-order valence-electron chi connectivity index (χ4n) is 4.08. The highest BCUT2D eigenvalue weighted by molar-refractivity contribution is 7.17. The summed E-state index contributed by atoms with van der Waals surface area (Å²) in [4.78, 5) is 27.5. The van der Waals surface area contributed by atoms with Crippen LogP contribution in [0.25, 0.3) is 10.1 Å². The Morgan fingerprint density at radius 2 is 1.84 bits per heavy atom. The highest BCUT2D eigenvalue weighted by Gasteiger charge is 2.39. The number of fused-ring (bicyclic) bond motifs is 1. The molecule has 3 rings (SSSR count). The Balaban J connectivity index is 1.84. The topological polar surface area (TPSA) is 81.9 Å². The number of carbonyl (C=O) groups excluding carboxylic acids is 2. The Morgan fingerprint density at radius 1 is 1.16 bits per heavy atom. The highest BCUT2D eigenvalue weighted by Crippen LogP contribution is 2.34. The minimum absolute atomic E-state index is 0.0185. The summed E-state index contributed by atoms with van der Waals surface area (Å²) in [5.74, 6) is -0.520. The van der Waals surface area contributed by atoms with Crippen molar-refractivity contribution in [3.8, 4) is 0 Å². The molecule has 7 heteroatoms. The number of thiophene rings is 1. The lowest BCUT2D eigenvalue weighted by molar-refractivity contribution is -0.161. The molecule has 2 atom stereocenters. The summed E-state index contributed by atoms with van der Waals surface area (Å²) in [7, 11) is 0. The fraction of sp³-hybridized carbons (Fsp3) is 0.600. The maximum atomic E-state index is 13.3. The van der Waals surface area contributed by atoms with Gasteiger partial charge in [-0.1, -0.05) is 6.07 Å². The molecule has 6 nitrogen and oxygen atoms in total. The number of amides is 1. The summed E-state index contributed by atoms with van der Waals surface area (Å²) >= 11 is 1.68. The lowest BCUT2D eigenvalue weighted by atomic mass is 9.85. The van der Waals surface area contributed by atoms with Crippen LogP contribution >= 0.6 is 11.3 Å². The molecule has 1 aromatic carbocycles. The molecule has 0 bridgehead atoms. The molecule has 32 heavy (non-hydrogen) atoms. The van der Waals surface area contributed by atoms with E-state index in [-0.39, 0.29) is 23.9 Å². The van der Waals surface area contributed by atoms with Gasteiger partial charge in [0.05, 0.1) is 5.92 Å². The van der Waals surface area contributed by atoms with E-state index >= 15 is 0 Å². The number of hydrogen-bond acceptors (Lipinski definition) is 6. The third-order valence-electron chi connectivity index (χ3n) is 5.55. The predicted molar refractivity (Wildman–Crippen MR) is 129 cm³/mol. The molecule has 2 aromatic rings. The van der Waals surface area contributed by atoms with Crippen LogP contribution in [0, 0.1) is 11.8 Å². The van der Waals surface area contributed by atoms with Crippen LogP contribution in [0.4, 0.5) is 4.79 Å². The SMILES string of the molecule is CC(C)(C)OC(=O)[C@@H](Cc1csc2ccc(CN)cc12)[C@H]1CCN(C(=O)OC(C)(C)C)C1. The van der Waals surface area contributed by atoms with E-state index in [0.717, 1.165) is 22.9 Å². The smallest absolute Gasteiger partial charge is 0.410 e. The maximum Gasteiger partial charge on any atom is 0.410 e. The number of likely N-dealkylation sites (tertiary alicyclic amines) is 1. The second-order valence-corrected chi connectivity index (χ2v) is 11.5. The molecule has 1 aliphatic heterocycles. The summed E-state index contributed by atoms with van der Waals surface area (Å²) in [6.07, 6.45) is 1.01. The summed E-state index contributed by atoms with van der Waals surface area (Å²) in [5, 5.41) is 3.27. The third-order valence-corrected chi connectivity index (χ3v) is 6.56. The molecule has 1 saturated heterocycles. The van der Waals surface area contributed by atoms with Crippen molar-refractivity contribution in [2.75, 3.05) is 13.1 Å². The molecule has 0 spiro atoms. The van der Waals surface area contributed by atoms with Crippen molar-refractivity contribution in [1.82, 2.24) is 4.90 Å². The maximum absolute atomic E-state index is 13.3. The van der Waals surface area contributed by atoms with Crippen molar-refractivity contribution >= 4 is 33.5 Å². The Kier molecular flexibility index (Phi) is 7.20. The summed E-state index contributed by atoms with van der Waals surface area (Å²) in [6.45, 7) is 12.8. The quantitative estimate of drug-likeness (QED) is 0.627. The standard InChI is InChI=1S/C25H36N2O4S/c1-24(2,3)30-22(28)20(17-9-10-27(14-17)23(29)31-25(4,5)6)12-18-15-32-21-8-7-16(13-26)11-19(18)21/h7-8,11,15,17,20H,9-10,12-14,26H2,1-6H3/t17-,20-/m0/s1. The van der Waals surface area contributed by atoms with Gasteiger partial charge in [-0.2, -0.15) is 0 Å². The van der Waals surface area contributed by atoms with E-state index in [1.54, 1.807) is 16.2 Å². The molecule has 1 aromatic heterocycles. The molecule has 0 unspecified atom stereocenters. The van der Waals surface area contributed by atoms with Crippen molar-refractivity contribution in [3.63, 3.8) is 0 Å². The Hall–Kier alpha value is -2.12. The van der Waals surface area contributed by atoms with Crippen molar-refractivity contribution < 1.29 is 19.1 Å². The molecule has 176 valence electrons. The number of carbonyl (C=O) groups is 2. The molecule has 0 aliphatic carbocycles. The van der Waals surface area contributed by atoms with E-state index in [1.807, 2.05) is 47.6 Å². The molecule has 0 saturated carbocycles. The van der Waals surface area contributed by atoms with Gasteiger partial charge in [-0.3, -0.25) is 4.79 Å². The van der Waals surface area contributed by atoms with E-state index in [9.17, 15) is 9.59 Å². The van der Waals surface area contributed by atoms with Crippen molar-refractivity contribution in [3.05, 3.63) is 34.7 Å². The first-order valence-electron chi connectivity index (χ1n) is 11.3. The average molecular weight is 461 g/mol. The van der Waals surface area contributed by atoms with Crippen LogP contribution in [-0.2, 0) is 27.2 Å². The zero-order valence-electron chi connectivity index (χ0n) is 20.1. The minimum Gasteiger partial charge on any atom is -0.460 e. The van der Waals surface area contributed by atoms with E-state index in [0.29, 0.717) is 26.1 Å². The Labute approximate surface area is 195 Å². The van der Waals surface area contributed by atoms with Crippen LogP contribution in [0.1, 0.15) is 59.1 Å². The number of ether oxygens (including phenoxy) is 2. The van der Waals surface area contributed by atoms with Gasteiger partial charge in [0.15, 0.2) is 0 Å². The van der Waals surface area contributed by atoms with E-state index in [2.05, 4.69) is 17.5 Å². The van der Waals surface area contributed by atoms with Gasteiger partial charge in [0.1, 0.15) is 11.2 Å². The summed E-state index contributed by atoms with van der Waals surface area (Å²) < 4.78 is 12.5. The van der Waals surface area contributed by atoms with Gasteiger partial charge in [0, 0.05) is 24.3 Å². The van der Waals surface area contributed by atoms with Gasteiger partial charge in [0.2, 0.25) is 0 Å². The molecule has 2 heterocycles. The van der Waals surface area contributed by atoms with E-state index in [1.165, 1.54) is 4.70 Å². The molecule has 1 aliphatic rings. The Morgan fingerprint density at radius 3 is 2.47 bits per heavy atom. The second-order valence-electron chi connectivity index (χ2n) is 10.6. The van der Waals surface area contributed by atoms with Crippen LogP contribution < -0.4 is 5.73 Å². The zero-order valence-corrected chi connectivity index (χ0v) is 20.9. The minimum atomic E-state index is -0.567. The van der Waals surface area contributed by atoms with Gasteiger partial charge in [-0.25, -0.2) is 4.79 Å². The number of benzene rings is 1. The van der Waals surface area contributed by atoms with Gasteiger partial charge < -0.3 is 20.1 Å². The Bertz CT molecular complexity index is 970. The number of nitrogens with two attached hydrogens (primary N) is 1. The van der Waals surface area contributed by atoms with Crippen LogP contribution in [0.15, 0.2) is 23.6 Å². The zero-order chi connectivity index (χ0) is 23.7. The molecular formula is C25H36N2O4S. The van der Waals surface area contributed by atoms with Gasteiger partial charge in [0.25, 0.3) is 0 Å². The molecule has 0 radical (unpaired) electrons. The molecule has 1 amide bonds. The predicted octanol–water partition coefficient (Wildman–Crippen LogP) is 5.12. The summed E-state index contributed by atoms with van der Waals surface area (Å²) in [6, 6.07) is 6.26. The monoisotopic (exact) mass is 460 g/mol. The molecule has 1 fully saturated rings. The third kappa shape index (κ3) is 6.23. The molecule has 2 N–H and O–H groups in total. The fourth-order valence-corrected chi connectivity index (χ4v) is 5.03. The van der Waals surface area contributed by atoms with Gasteiger partial charge in [-0.15, -0.1) is 11.3 Å². The number of hydrogen-bond donors (Lipinski definition) is 1. The van der Waals surface area contributed by atoms with Crippen LogP contribution in [0.3, 0.4) is 0 Å². The lowest BCUT2D eigenvalue weighted by Crippen LogP contribution is -2.38. The number of esters is 1. The average Bonchev–Trinajstić information content (AvgIpc) is 3.30. The molecular weight excluding hydrogens is 424 g/mol. The van der Waals surface area contributed by atoms with Gasteiger partial charge >= 0.3 is 12.1 Å². The van der Waals surface area contributed by atoms with E-state index in [4.69, 9.17) is 15.2 Å². The van der Waals surface area contributed by atoms with Crippen LogP contribution in [-0.4, -0.2) is 41.3 Å². The first-order valence-corrected chi connectivity index (χ1v) is 12.1. The van der Waals surface area contributed by atoms with Crippen molar-refractivity contribution in [1.29, 1.82) is 0 Å². The lowest BCUT2D eigenvalue weighted by Gasteiger charge is -2.28. The van der Waals surface area contributed by atoms with Gasteiger partial charge in [-0.05, 0) is 94.3 Å². The van der Waals surface area contributed by atoms with Crippen LogP contribution in [0.5, 0.6) is 0 Å². The largest absolute Gasteiger partial charge is 0.460 e. The van der Waals surface area contributed by atoms with E-state index < -0.39 is 11.2 Å². The summed E-state index contributed by atoms with van der Waals surface area (Å²) in [5.41, 5.74) is 6.94. The van der Waals surface area contributed by atoms with Crippen molar-refractivity contribution in [2.45, 2.75) is 72.1 Å². The van der Waals surface area contributed by atoms with Crippen LogP contribution in [0.2, 0.25) is 0 Å². The second kappa shape index (κ2) is 9.40. The first-order chi connectivity index (χ1) is 14.9. The number of nitrogens with zero attached hydrogens (tertiary/aromatic N) is 1. The van der Waals surface area contributed by atoms with Crippen molar-refractivity contribution in [2.24, 2.45) is 17.6 Å². The highest BCUT2D eigenvalue weighted by atomic mass is 32.1. The normalized spacial score (nSPS) is 18.1. The first kappa shape index (κ1) is 24.5.